The van der Waals surface area contributed by atoms with Crippen molar-refractivity contribution in [2.45, 2.75) is 25.3 Å². The molecule has 0 bridgehead atoms. The lowest BCUT2D eigenvalue weighted by molar-refractivity contribution is 0.191. The number of ether oxygens (including phenoxy) is 1. The van der Waals surface area contributed by atoms with Crippen LogP contribution in [0.2, 0.25) is 0 Å². The summed E-state index contributed by atoms with van der Waals surface area (Å²) in [6, 6.07) is 6.39. The largest absolute Gasteiger partial charge is 0.480 e. The van der Waals surface area contributed by atoms with Crippen molar-refractivity contribution in [2.75, 3.05) is 0 Å². The molecular weight excluding hydrogens is 273 g/mol. The molecule has 1 aromatic heterocycles. The molecule has 0 saturated heterocycles. The van der Waals surface area contributed by atoms with Crippen molar-refractivity contribution in [3.8, 4) is 5.75 Å². The second-order valence-corrected chi connectivity index (χ2v) is 4.91. The number of thiazole rings is 1. The maximum Gasteiger partial charge on any atom is 0.165 e. The van der Waals surface area contributed by atoms with Gasteiger partial charge in [0, 0.05) is 5.38 Å². The fourth-order valence-electron chi connectivity index (χ4n) is 1.53. The second-order valence-electron chi connectivity index (χ2n) is 3.76. The predicted octanol–water partition coefficient (Wildman–Crippen LogP) is 4.55. The van der Waals surface area contributed by atoms with E-state index in [0.717, 1.165) is 17.1 Å². The minimum absolute atomic E-state index is 0.233. The average Bonchev–Trinajstić information content (AvgIpc) is 2.86. The van der Waals surface area contributed by atoms with Crippen molar-refractivity contribution < 1.29 is 9.13 Å². The molecule has 0 aliphatic heterocycles. The highest BCUT2D eigenvalue weighted by atomic mass is 35.5. The SMILES string of the molecule is CCC(Oc1ccccc1F)c1nc(CCl)cs1. The number of aromatic nitrogens is 1. The quantitative estimate of drug-likeness (QED) is 0.752. The average molecular weight is 286 g/mol. The van der Waals surface area contributed by atoms with Gasteiger partial charge in [0.1, 0.15) is 11.1 Å². The number of benzene rings is 1. The third-order valence-corrected chi connectivity index (χ3v) is 3.72. The normalized spacial score (nSPS) is 12.4. The van der Waals surface area contributed by atoms with Gasteiger partial charge in [-0.1, -0.05) is 19.1 Å². The molecule has 1 unspecified atom stereocenters. The Labute approximate surface area is 114 Å². The monoisotopic (exact) mass is 285 g/mol. The van der Waals surface area contributed by atoms with Gasteiger partial charge < -0.3 is 4.74 Å². The molecule has 0 fully saturated rings. The topological polar surface area (TPSA) is 22.1 Å². The summed E-state index contributed by atoms with van der Waals surface area (Å²) in [5, 5.41) is 2.73. The number of hydrogen-bond donors (Lipinski definition) is 0. The van der Waals surface area contributed by atoms with E-state index in [1.54, 1.807) is 18.2 Å². The molecule has 0 amide bonds. The highest BCUT2D eigenvalue weighted by Crippen LogP contribution is 2.28. The molecule has 0 aliphatic rings. The van der Waals surface area contributed by atoms with Crippen LogP contribution in [0.3, 0.4) is 0 Å². The van der Waals surface area contributed by atoms with Crippen LogP contribution in [-0.4, -0.2) is 4.98 Å². The number of hydrogen-bond acceptors (Lipinski definition) is 3. The van der Waals surface area contributed by atoms with Gasteiger partial charge in [0.05, 0.1) is 11.6 Å². The van der Waals surface area contributed by atoms with Crippen molar-refractivity contribution >= 4 is 22.9 Å². The van der Waals surface area contributed by atoms with E-state index in [1.165, 1.54) is 17.4 Å². The van der Waals surface area contributed by atoms with Gasteiger partial charge in [-0.2, -0.15) is 0 Å². The number of halogens is 2. The Morgan fingerprint density at radius 1 is 1.44 bits per heavy atom. The number of para-hydroxylation sites is 1. The molecule has 1 heterocycles. The smallest absolute Gasteiger partial charge is 0.165 e. The number of alkyl halides is 1. The standard InChI is InChI=1S/C13H13ClFNOS/c1-2-11(13-16-9(7-14)8-18-13)17-12-6-4-3-5-10(12)15/h3-6,8,11H,2,7H2,1H3. The fourth-order valence-corrected chi connectivity index (χ4v) is 2.69. The molecule has 2 rings (SSSR count). The van der Waals surface area contributed by atoms with Crippen molar-refractivity contribution in [3.63, 3.8) is 0 Å². The van der Waals surface area contributed by atoms with E-state index in [4.69, 9.17) is 16.3 Å². The first kappa shape index (κ1) is 13.3. The highest BCUT2D eigenvalue weighted by Gasteiger charge is 2.17. The van der Waals surface area contributed by atoms with Gasteiger partial charge in [-0.25, -0.2) is 9.37 Å². The third-order valence-electron chi connectivity index (χ3n) is 2.46. The summed E-state index contributed by atoms with van der Waals surface area (Å²) < 4.78 is 19.2. The first-order valence-electron chi connectivity index (χ1n) is 5.66. The molecule has 18 heavy (non-hydrogen) atoms. The Morgan fingerprint density at radius 3 is 2.83 bits per heavy atom. The summed E-state index contributed by atoms with van der Waals surface area (Å²) in [6.45, 7) is 1.98. The minimum Gasteiger partial charge on any atom is -0.480 e. The van der Waals surface area contributed by atoms with Gasteiger partial charge in [-0.05, 0) is 18.6 Å². The zero-order valence-corrected chi connectivity index (χ0v) is 11.5. The van der Waals surface area contributed by atoms with Crippen LogP contribution < -0.4 is 4.74 Å². The van der Waals surface area contributed by atoms with Crippen molar-refractivity contribution in [2.24, 2.45) is 0 Å². The molecule has 0 aliphatic carbocycles. The van der Waals surface area contributed by atoms with Gasteiger partial charge >= 0.3 is 0 Å². The Hall–Kier alpha value is -1.13. The zero-order valence-electron chi connectivity index (χ0n) is 9.90. The highest BCUT2D eigenvalue weighted by molar-refractivity contribution is 7.09. The predicted molar refractivity (Wildman–Crippen MR) is 71.7 cm³/mol. The van der Waals surface area contributed by atoms with E-state index in [1.807, 2.05) is 12.3 Å². The fraction of sp³-hybridized carbons (Fsp3) is 0.308. The molecule has 1 aromatic carbocycles. The lowest BCUT2D eigenvalue weighted by Crippen LogP contribution is -2.07. The van der Waals surface area contributed by atoms with Crippen LogP contribution in [0.4, 0.5) is 4.39 Å². The van der Waals surface area contributed by atoms with Crippen LogP contribution in [0.5, 0.6) is 5.75 Å². The van der Waals surface area contributed by atoms with Crippen LogP contribution >= 0.6 is 22.9 Å². The molecule has 2 aromatic rings. The molecule has 96 valence electrons. The molecule has 0 radical (unpaired) electrons. The minimum atomic E-state index is -0.356. The van der Waals surface area contributed by atoms with E-state index in [2.05, 4.69) is 4.98 Å². The molecule has 0 N–H and O–H groups in total. The summed E-state index contributed by atoms with van der Waals surface area (Å²) >= 11 is 7.21. The van der Waals surface area contributed by atoms with E-state index >= 15 is 0 Å². The van der Waals surface area contributed by atoms with E-state index in [0.29, 0.717) is 5.88 Å². The zero-order chi connectivity index (χ0) is 13.0. The van der Waals surface area contributed by atoms with Crippen LogP contribution in [-0.2, 0) is 5.88 Å². The molecule has 5 heteroatoms. The molecule has 0 spiro atoms. The molecule has 1 atom stereocenters. The van der Waals surface area contributed by atoms with Gasteiger partial charge in [-0.3, -0.25) is 0 Å². The third kappa shape index (κ3) is 3.00. The Morgan fingerprint density at radius 2 is 2.22 bits per heavy atom. The number of nitrogens with zero attached hydrogens (tertiary/aromatic N) is 1. The van der Waals surface area contributed by atoms with Crippen LogP contribution in [0, 0.1) is 5.82 Å². The van der Waals surface area contributed by atoms with Crippen molar-refractivity contribution in [1.29, 1.82) is 0 Å². The molecule has 0 saturated carbocycles. The first-order valence-corrected chi connectivity index (χ1v) is 7.07. The Kier molecular flexibility index (Phi) is 4.55. The van der Waals surface area contributed by atoms with Crippen LogP contribution in [0.25, 0.3) is 0 Å². The first-order chi connectivity index (χ1) is 8.74. The van der Waals surface area contributed by atoms with Crippen molar-refractivity contribution in [1.82, 2.24) is 4.98 Å². The van der Waals surface area contributed by atoms with Gasteiger partial charge in [-0.15, -0.1) is 22.9 Å². The molecule has 2 nitrogen and oxygen atoms in total. The summed E-state index contributed by atoms with van der Waals surface area (Å²) in [4.78, 5) is 4.36. The second kappa shape index (κ2) is 6.16. The Balaban J connectivity index is 2.17. The van der Waals surface area contributed by atoms with Gasteiger partial charge in [0.2, 0.25) is 0 Å². The van der Waals surface area contributed by atoms with E-state index < -0.39 is 0 Å². The van der Waals surface area contributed by atoms with Crippen LogP contribution in [0.15, 0.2) is 29.6 Å². The van der Waals surface area contributed by atoms with Gasteiger partial charge in [0.25, 0.3) is 0 Å². The lowest BCUT2D eigenvalue weighted by Gasteiger charge is -2.15. The summed E-state index contributed by atoms with van der Waals surface area (Å²) in [5.74, 6) is 0.282. The van der Waals surface area contributed by atoms with Gasteiger partial charge in [0.15, 0.2) is 11.6 Å². The maximum atomic E-state index is 13.5. The summed E-state index contributed by atoms with van der Waals surface area (Å²) in [5.41, 5.74) is 0.826. The molecular formula is C13H13ClFNOS. The summed E-state index contributed by atoms with van der Waals surface area (Å²) in [6.07, 6.45) is 0.493. The van der Waals surface area contributed by atoms with E-state index in [9.17, 15) is 4.39 Å². The summed E-state index contributed by atoms with van der Waals surface area (Å²) in [7, 11) is 0. The van der Waals surface area contributed by atoms with Crippen LogP contribution in [0.1, 0.15) is 30.2 Å². The lowest BCUT2D eigenvalue weighted by atomic mass is 10.2. The number of rotatable bonds is 5. The maximum absolute atomic E-state index is 13.5. The van der Waals surface area contributed by atoms with Crippen molar-refractivity contribution in [3.05, 3.63) is 46.2 Å². The van der Waals surface area contributed by atoms with E-state index in [-0.39, 0.29) is 17.7 Å². The Bertz CT molecular complexity index is 517.